The van der Waals surface area contributed by atoms with Crippen LogP contribution in [-0.4, -0.2) is 16.6 Å². The van der Waals surface area contributed by atoms with Gasteiger partial charge in [0.2, 0.25) is 0 Å². The number of aromatic nitrogens is 1. The molecule has 1 aromatic heterocycles. The number of hydrogen-bond donors (Lipinski definition) is 1. The van der Waals surface area contributed by atoms with E-state index in [1.807, 2.05) is 24.5 Å². The first kappa shape index (κ1) is 13.8. The molecule has 0 bridgehead atoms. The van der Waals surface area contributed by atoms with Crippen LogP contribution in [0.15, 0.2) is 24.5 Å². The van der Waals surface area contributed by atoms with Gasteiger partial charge in [-0.2, -0.15) is 0 Å². The molecule has 3 nitrogen and oxygen atoms in total. The Hall–Kier alpha value is -0.783. The van der Waals surface area contributed by atoms with Crippen LogP contribution in [0.2, 0.25) is 0 Å². The van der Waals surface area contributed by atoms with Crippen LogP contribution in [0.3, 0.4) is 0 Å². The Morgan fingerprint density at radius 3 is 2.25 bits per heavy atom. The van der Waals surface area contributed by atoms with Crippen LogP contribution < -0.4 is 18.9 Å². The predicted octanol–water partition coefficient (Wildman–Crippen LogP) is -1.54. The summed E-state index contributed by atoms with van der Waals surface area (Å²) >= 11 is 0. The van der Waals surface area contributed by atoms with Crippen LogP contribution in [0.1, 0.15) is 13.9 Å². The molecule has 0 saturated carbocycles. The molecule has 62 valence electrons. The molecular weight excluding hydrogens is 149 g/mol. The molecule has 0 saturated heterocycles. The summed E-state index contributed by atoms with van der Waals surface area (Å²) in [5.41, 5.74) is 1.35. The van der Waals surface area contributed by atoms with Gasteiger partial charge in [-0.15, -0.1) is 0 Å². The molecule has 0 spiro atoms. The molecule has 0 aliphatic rings. The third-order valence-electron chi connectivity index (χ3n) is 1.16. The van der Waals surface area contributed by atoms with Crippen molar-refractivity contribution in [2.45, 2.75) is 13.3 Å². The first-order chi connectivity index (χ1) is 5.35. The molecule has 12 heavy (non-hydrogen) atoms. The van der Waals surface area contributed by atoms with Crippen molar-refractivity contribution < 1.29 is 30.2 Å². The van der Waals surface area contributed by atoms with E-state index in [0.29, 0.717) is 0 Å². The quantitative estimate of drug-likeness (QED) is 0.401. The van der Waals surface area contributed by atoms with Crippen molar-refractivity contribution >= 4 is 6.47 Å². The molecular formula is C8H12LiNO2. The maximum absolute atomic E-state index is 8.36. The monoisotopic (exact) mass is 161 g/mol. The fourth-order valence-corrected chi connectivity index (χ4v) is 0.618. The Kier molecular flexibility index (Phi) is 11.7. The first-order valence-corrected chi connectivity index (χ1v) is 3.31. The number of carboxylic acid groups (broad SMARTS) is 1. The second-order valence-electron chi connectivity index (χ2n) is 1.81. The average molecular weight is 161 g/mol. The molecule has 0 aliphatic carbocycles. The van der Waals surface area contributed by atoms with E-state index in [2.05, 4.69) is 11.9 Å². The van der Waals surface area contributed by atoms with Crippen LogP contribution in [0.25, 0.3) is 0 Å². The first-order valence-electron chi connectivity index (χ1n) is 3.31. The Labute approximate surface area is 85.5 Å². The smallest absolute Gasteiger partial charge is 1.00 e. The van der Waals surface area contributed by atoms with E-state index >= 15 is 0 Å². The van der Waals surface area contributed by atoms with Crippen LogP contribution in [-0.2, 0) is 11.2 Å². The maximum atomic E-state index is 8.36. The van der Waals surface area contributed by atoms with E-state index in [4.69, 9.17) is 9.90 Å². The molecule has 0 unspecified atom stereocenters. The van der Waals surface area contributed by atoms with Crippen molar-refractivity contribution in [2.24, 2.45) is 0 Å². The summed E-state index contributed by atoms with van der Waals surface area (Å²) in [6, 6.07) is 4.06. The minimum Gasteiger partial charge on any atom is -1.00 e. The third kappa shape index (κ3) is 7.33. The minimum absolute atomic E-state index is 0. The van der Waals surface area contributed by atoms with Crippen molar-refractivity contribution in [3.63, 3.8) is 0 Å². The van der Waals surface area contributed by atoms with E-state index < -0.39 is 0 Å². The molecule has 1 N–H and O–H groups in total. The van der Waals surface area contributed by atoms with Gasteiger partial charge in [-0.1, -0.05) is 6.92 Å². The van der Waals surface area contributed by atoms with Crippen LogP contribution in [0.5, 0.6) is 0 Å². The van der Waals surface area contributed by atoms with Crippen molar-refractivity contribution in [1.29, 1.82) is 0 Å². The minimum atomic E-state index is -0.250. The van der Waals surface area contributed by atoms with Gasteiger partial charge in [0.05, 0.1) is 0 Å². The van der Waals surface area contributed by atoms with Gasteiger partial charge in [0.25, 0.3) is 6.47 Å². The predicted molar refractivity (Wildman–Crippen MR) is 43.4 cm³/mol. The van der Waals surface area contributed by atoms with E-state index in [1.54, 1.807) is 0 Å². The summed E-state index contributed by atoms with van der Waals surface area (Å²) in [5.74, 6) is 0. The molecule has 0 aliphatic heterocycles. The molecule has 1 heterocycles. The number of carbonyl (C=O) groups is 1. The summed E-state index contributed by atoms with van der Waals surface area (Å²) in [6.45, 7) is 1.88. The van der Waals surface area contributed by atoms with Crippen molar-refractivity contribution in [1.82, 2.24) is 4.98 Å². The third-order valence-corrected chi connectivity index (χ3v) is 1.16. The fourth-order valence-electron chi connectivity index (χ4n) is 0.618. The number of hydrogen-bond acceptors (Lipinski definition) is 2. The van der Waals surface area contributed by atoms with Gasteiger partial charge < -0.3 is 6.53 Å². The van der Waals surface area contributed by atoms with Crippen molar-refractivity contribution in [2.75, 3.05) is 0 Å². The number of aryl methyl sites for hydroxylation is 1. The Morgan fingerprint density at radius 1 is 1.58 bits per heavy atom. The summed E-state index contributed by atoms with van der Waals surface area (Å²) < 4.78 is 0. The molecule has 0 radical (unpaired) electrons. The fraction of sp³-hybridized carbons (Fsp3) is 0.250. The summed E-state index contributed by atoms with van der Waals surface area (Å²) in [6.07, 6.45) is 4.74. The molecule has 0 aromatic carbocycles. The van der Waals surface area contributed by atoms with Gasteiger partial charge in [0.15, 0.2) is 0 Å². The Morgan fingerprint density at radius 2 is 2.00 bits per heavy atom. The van der Waals surface area contributed by atoms with Crippen LogP contribution in [0, 0.1) is 0 Å². The van der Waals surface area contributed by atoms with E-state index in [9.17, 15) is 0 Å². The number of nitrogens with zero attached hydrogens (tertiary/aromatic N) is 1. The van der Waals surface area contributed by atoms with Crippen molar-refractivity contribution in [3.05, 3.63) is 30.1 Å². The molecule has 1 rings (SSSR count). The molecule has 4 heteroatoms. The van der Waals surface area contributed by atoms with E-state index in [1.165, 1.54) is 5.56 Å². The Balaban J connectivity index is -0.000000180. The number of rotatable bonds is 1. The molecule has 0 amide bonds. The molecule has 1 aromatic rings. The van der Waals surface area contributed by atoms with Gasteiger partial charge in [-0.05, 0) is 24.1 Å². The molecule has 0 atom stereocenters. The van der Waals surface area contributed by atoms with Crippen LogP contribution >= 0.6 is 0 Å². The topological polar surface area (TPSA) is 50.2 Å². The zero-order valence-electron chi connectivity index (χ0n) is 8.40. The SMILES string of the molecule is CCc1ccncc1.O=CO.[H-].[Li+]. The van der Waals surface area contributed by atoms with Gasteiger partial charge in [0, 0.05) is 12.4 Å². The maximum Gasteiger partial charge on any atom is 1.00 e. The van der Waals surface area contributed by atoms with Crippen molar-refractivity contribution in [3.8, 4) is 0 Å². The van der Waals surface area contributed by atoms with E-state index in [0.717, 1.165) is 6.42 Å². The summed E-state index contributed by atoms with van der Waals surface area (Å²) in [4.78, 5) is 12.3. The Bertz CT molecular complexity index is 197. The van der Waals surface area contributed by atoms with Gasteiger partial charge in [-0.3, -0.25) is 9.78 Å². The largest absolute Gasteiger partial charge is 1.00 e. The zero-order valence-corrected chi connectivity index (χ0v) is 7.40. The van der Waals surface area contributed by atoms with Gasteiger partial charge in [-0.25, -0.2) is 0 Å². The standard InChI is InChI=1S/C7H9N.CH2O2.Li.H/c1-2-7-3-5-8-6-4-7;2-1-3;;/h3-6H,2H2,1H3;1H,(H,2,3);;/q;;+1;-1. The van der Waals surface area contributed by atoms with Gasteiger partial charge >= 0.3 is 18.9 Å². The second kappa shape index (κ2) is 10.2. The second-order valence-corrected chi connectivity index (χ2v) is 1.81. The van der Waals surface area contributed by atoms with Crippen LogP contribution in [0.4, 0.5) is 0 Å². The molecule has 0 fully saturated rings. The summed E-state index contributed by atoms with van der Waals surface area (Å²) in [5, 5.41) is 6.89. The van der Waals surface area contributed by atoms with Gasteiger partial charge in [0.1, 0.15) is 0 Å². The van der Waals surface area contributed by atoms with E-state index in [-0.39, 0.29) is 26.8 Å². The zero-order chi connectivity index (χ0) is 8.53. The normalized spacial score (nSPS) is 7.08. The average Bonchev–Trinajstić information content (AvgIpc) is 2.08. The summed E-state index contributed by atoms with van der Waals surface area (Å²) in [7, 11) is 0. The number of pyridine rings is 1.